The number of para-hydroxylation sites is 2. The van der Waals surface area contributed by atoms with Crippen molar-refractivity contribution in [2.45, 2.75) is 10.3 Å². The molecule has 0 bridgehead atoms. The smallest absolute Gasteiger partial charge is 0.348 e. The van der Waals surface area contributed by atoms with Crippen LogP contribution in [0.4, 0.5) is 5.69 Å². The van der Waals surface area contributed by atoms with Crippen LogP contribution in [0.5, 0.6) is 5.75 Å². The second-order valence-electron chi connectivity index (χ2n) is 4.57. The van der Waals surface area contributed by atoms with Gasteiger partial charge in [0.2, 0.25) is 6.10 Å². The molecule has 2 heterocycles. The largest absolute Gasteiger partial charge is 0.475 e. The number of ether oxygens (including phenoxy) is 2. The van der Waals surface area contributed by atoms with Crippen molar-refractivity contribution in [3.05, 3.63) is 41.8 Å². The minimum absolute atomic E-state index is 0.121. The van der Waals surface area contributed by atoms with Crippen LogP contribution < -0.4 is 9.04 Å². The number of hydrogen-bond donors (Lipinski definition) is 0. The zero-order chi connectivity index (χ0) is 15.7. The van der Waals surface area contributed by atoms with Gasteiger partial charge in [-0.3, -0.25) is 4.31 Å². The first-order valence-corrected chi connectivity index (χ1v) is 8.76. The number of carbonyl (C=O) groups is 1. The lowest BCUT2D eigenvalue weighted by molar-refractivity contribution is -0.148. The third kappa shape index (κ3) is 2.44. The van der Waals surface area contributed by atoms with Gasteiger partial charge in [0.25, 0.3) is 10.0 Å². The maximum atomic E-state index is 12.8. The second kappa shape index (κ2) is 5.62. The van der Waals surface area contributed by atoms with Gasteiger partial charge in [-0.15, -0.1) is 11.3 Å². The normalized spacial score (nSPS) is 17.5. The first-order valence-electron chi connectivity index (χ1n) is 6.44. The van der Waals surface area contributed by atoms with E-state index in [9.17, 15) is 13.2 Å². The standard InChI is InChI=1S/C14H13NO5S2/c1-19-14(16)12-9-15(10-5-2-3-6-11(10)20-12)22(17,18)13-7-4-8-21-13/h2-8,12H,9H2,1H3/t12-/m1/s1. The summed E-state index contributed by atoms with van der Waals surface area (Å²) in [5.41, 5.74) is 0.413. The second-order valence-corrected chi connectivity index (χ2v) is 7.60. The fourth-order valence-corrected chi connectivity index (χ4v) is 4.78. The van der Waals surface area contributed by atoms with Crippen LogP contribution in [0.1, 0.15) is 0 Å². The van der Waals surface area contributed by atoms with Gasteiger partial charge in [0.05, 0.1) is 19.3 Å². The van der Waals surface area contributed by atoms with Crippen molar-refractivity contribution in [1.82, 2.24) is 0 Å². The van der Waals surface area contributed by atoms with Gasteiger partial charge >= 0.3 is 5.97 Å². The Morgan fingerprint density at radius 2 is 2.09 bits per heavy atom. The molecule has 3 rings (SSSR count). The van der Waals surface area contributed by atoms with E-state index in [4.69, 9.17) is 4.74 Å². The van der Waals surface area contributed by atoms with E-state index in [0.29, 0.717) is 11.4 Å². The molecule has 1 aromatic heterocycles. The van der Waals surface area contributed by atoms with Gasteiger partial charge in [0.15, 0.2) is 0 Å². The Hall–Kier alpha value is -2.06. The summed E-state index contributed by atoms with van der Waals surface area (Å²) in [5.74, 6) is -0.273. The van der Waals surface area contributed by atoms with Crippen LogP contribution in [-0.4, -0.2) is 34.1 Å². The maximum Gasteiger partial charge on any atom is 0.348 e. The zero-order valence-electron chi connectivity index (χ0n) is 11.6. The van der Waals surface area contributed by atoms with Crippen molar-refractivity contribution >= 4 is 33.0 Å². The molecule has 0 aliphatic carbocycles. The van der Waals surface area contributed by atoms with E-state index < -0.39 is 22.1 Å². The molecule has 22 heavy (non-hydrogen) atoms. The van der Waals surface area contributed by atoms with Crippen LogP contribution in [0.15, 0.2) is 46.0 Å². The Labute approximate surface area is 131 Å². The molecule has 0 saturated heterocycles. The molecule has 1 atom stereocenters. The summed E-state index contributed by atoms with van der Waals surface area (Å²) in [7, 11) is -2.50. The minimum atomic E-state index is -3.74. The molecule has 0 unspecified atom stereocenters. The fourth-order valence-electron chi connectivity index (χ4n) is 2.20. The van der Waals surface area contributed by atoms with E-state index in [-0.39, 0.29) is 10.8 Å². The Morgan fingerprint density at radius 3 is 2.77 bits per heavy atom. The number of thiophene rings is 1. The van der Waals surface area contributed by atoms with E-state index in [1.165, 1.54) is 17.5 Å². The van der Waals surface area contributed by atoms with Gasteiger partial charge in [0.1, 0.15) is 9.96 Å². The number of esters is 1. The molecule has 0 N–H and O–H groups in total. The molecule has 6 nitrogen and oxygen atoms in total. The lowest BCUT2D eigenvalue weighted by atomic mass is 10.2. The van der Waals surface area contributed by atoms with Crippen LogP contribution in [-0.2, 0) is 19.6 Å². The van der Waals surface area contributed by atoms with Crippen LogP contribution in [0, 0.1) is 0 Å². The number of rotatable bonds is 3. The minimum Gasteiger partial charge on any atom is -0.475 e. The summed E-state index contributed by atoms with van der Waals surface area (Å²) >= 11 is 1.13. The Morgan fingerprint density at radius 1 is 1.32 bits per heavy atom. The molecule has 0 spiro atoms. The van der Waals surface area contributed by atoms with Gasteiger partial charge in [-0.05, 0) is 23.6 Å². The summed E-state index contributed by atoms with van der Waals surface area (Å²) in [5, 5.41) is 1.69. The van der Waals surface area contributed by atoms with Crippen LogP contribution in [0.3, 0.4) is 0 Å². The SMILES string of the molecule is COC(=O)[C@H]1CN(S(=O)(=O)c2cccs2)c2ccccc2O1. The van der Waals surface area contributed by atoms with Gasteiger partial charge in [-0.2, -0.15) is 0 Å². The first-order chi connectivity index (χ1) is 10.5. The molecule has 0 fully saturated rings. The van der Waals surface area contributed by atoms with Crippen molar-refractivity contribution in [2.24, 2.45) is 0 Å². The molecule has 1 aliphatic rings. The highest BCUT2D eigenvalue weighted by molar-refractivity contribution is 7.94. The predicted octanol–water partition coefficient (Wildman–Crippen LogP) is 1.88. The van der Waals surface area contributed by atoms with Crippen LogP contribution >= 0.6 is 11.3 Å². The van der Waals surface area contributed by atoms with Crippen LogP contribution in [0.25, 0.3) is 0 Å². The average Bonchev–Trinajstić information content (AvgIpc) is 3.08. The zero-order valence-corrected chi connectivity index (χ0v) is 13.3. The topological polar surface area (TPSA) is 72.9 Å². The van der Waals surface area contributed by atoms with E-state index in [1.54, 1.807) is 35.7 Å². The molecule has 1 aromatic carbocycles. The fraction of sp³-hybridized carbons (Fsp3) is 0.214. The molecule has 2 aromatic rings. The average molecular weight is 339 g/mol. The van der Waals surface area contributed by atoms with E-state index in [1.807, 2.05) is 0 Å². The number of fused-ring (bicyclic) bond motifs is 1. The first kappa shape index (κ1) is 14.9. The molecular formula is C14H13NO5S2. The van der Waals surface area contributed by atoms with Gasteiger partial charge in [0, 0.05) is 0 Å². The Balaban J connectivity index is 2.08. The highest BCUT2D eigenvalue weighted by atomic mass is 32.2. The molecule has 1 aliphatic heterocycles. The van der Waals surface area contributed by atoms with Crippen molar-refractivity contribution in [3.8, 4) is 5.75 Å². The van der Waals surface area contributed by atoms with E-state index >= 15 is 0 Å². The van der Waals surface area contributed by atoms with E-state index in [2.05, 4.69) is 4.74 Å². The molecule has 116 valence electrons. The van der Waals surface area contributed by atoms with Gasteiger partial charge < -0.3 is 9.47 Å². The Kier molecular flexibility index (Phi) is 3.79. The molecule has 0 radical (unpaired) electrons. The third-order valence-corrected chi connectivity index (χ3v) is 6.39. The Bertz CT molecular complexity index is 785. The number of benzene rings is 1. The highest BCUT2D eigenvalue weighted by Crippen LogP contribution is 2.37. The maximum absolute atomic E-state index is 12.8. The lowest BCUT2D eigenvalue weighted by Crippen LogP contribution is -2.47. The number of anilines is 1. The number of sulfonamides is 1. The van der Waals surface area contributed by atoms with E-state index in [0.717, 1.165) is 11.3 Å². The quantitative estimate of drug-likeness (QED) is 0.798. The predicted molar refractivity (Wildman–Crippen MR) is 81.7 cm³/mol. The number of nitrogens with zero attached hydrogens (tertiary/aromatic N) is 1. The van der Waals surface area contributed by atoms with Crippen molar-refractivity contribution in [3.63, 3.8) is 0 Å². The molecule has 8 heteroatoms. The number of methoxy groups -OCH3 is 1. The van der Waals surface area contributed by atoms with Crippen molar-refractivity contribution in [1.29, 1.82) is 0 Å². The van der Waals surface area contributed by atoms with Crippen molar-refractivity contribution < 1.29 is 22.7 Å². The summed E-state index contributed by atoms with van der Waals surface area (Å²) in [4.78, 5) is 11.8. The summed E-state index contributed by atoms with van der Waals surface area (Å²) in [6, 6.07) is 9.91. The van der Waals surface area contributed by atoms with Gasteiger partial charge in [-0.1, -0.05) is 18.2 Å². The van der Waals surface area contributed by atoms with Gasteiger partial charge in [-0.25, -0.2) is 13.2 Å². The molecule has 0 amide bonds. The summed E-state index contributed by atoms with van der Waals surface area (Å²) in [6.45, 7) is -0.121. The molecular weight excluding hydrogens is 326 g/mol. The summed E-state index contributed by atoms with van der Waals surface area (Å²) in [6.07, 6.45) is -0.991. The lowest BCUT2D eigenvalue weighted by Gasteiger charge is -2.33. The molecule has 0 saturated carbocycles. The number of carbonyl (C=O) groups excluding carboxylic acids is 1. The summed E-state index contributed by atoms with van der Waals surface area (Å²) < 4.78 is 37.2. The van der Waals surface area contributed by atoms with Crippen molar-refractivity contribution in [2.75, 3.05) is 18.0 Å². The highest BCUT2D eigenvalue weighted by Gasteiger charge is 2.38. The monoisotopic (exact) mass is 339 g/mol. The third-order valence-electron chi connectivity index (χ3n) is 3.24. The van der Waals surface area contributed by atoms with Crippen LogP contribution in [0.2, 0.25) is 0 Å². The number of hydrogen-bond acceptors (Lipinski definition) is 6.